The Kier molecular flexibility index (Phi) is 11.0. The lowest BCUT2D eigenvalue weighted by Gasteiger charge is -2.31. The molecule has 3 atom stereocenters. The molecular weight excluding hydrogens is 699 g/mol. The van der Waals surface area contributed by atoms with Gasteiger partial charge in [-0.2, -0.15) is 0 Å². The summed E-state index contributed by atoms with van der Waals surface area (Å²) in [6, 6.07) is 13.6. The number of aryl methyl sites for hydroxylation is 2. The van der Waals surface area contributed by atoms with Gasteiger partial charge in [0.2, 0.25) is 0 Å². The zero-order valence-electron chi connectivity index (χ0n) is 31.6. The predicted octanol–water partition coefficient (Wildman–Crippen LogP) is 6.75. The summed E-state index contributed by atoms with van der Waals surface area (Å²) in [5, 5.41) is 11.7. The molecule has 7 rings (SSSR count). The van der Waals surface area contributed by atoms with Crippen molar-refractivity contribution >= 4 is 41.2 Å². The molecule has 0 spiro atoms. The van der Waals surface area contributed by atoms with E-state index in [0.717, 1.165) is 72.8 Å². The molecule has 0 bridgehead atoms. The summed E-state index contributed by atoms with van der Waals surface area (Å²) >= 11 is 0. The van der Waals surface area contributed by atoms with E-state index in [1.807, 2.05) is 23.2 Å². The number of aliphatic hydroxyl groups excluding tert-OH is 1. The van der Waals surface area contributed by atoms with Crippen LogP contribution in [0.15, 0.2) is 77.8 Å². The van der Waals surface area contributed by atoms with Crippen LogP contribution in [0.5, 0.6) is 11.5 Å². The summed E-state index contributed by atoms with van der Waals surface area (Å²) in [5.41, 5.74) is 12.7. The number of hydrogen-bond acceptors (Lipinski definition) is 9. The second kappa shape index (κ2) is 16.0. The Balaban J connectivity index is 1.00. The van der Waals surface area contributed by atoms with Crippen LogP contribution in [-0.4, -0.2) is 84.6 Å². The van der Waals surface area contributed by atoms with Crippen molar-refractivity contribution in [1.82, 2.24) is 9.80 Å². The zero-order chi connectivity index (χ0) is 38.8. The van der Waals surface area contributed by atoms with E-state index < -0.39 is 18.4 Å². The van der Waals surface area contributed by atoms with E-state index in [1.165, 1.54) is 4.90 Å². The number of ether oxygens (including phenoxy) is 3. The highest BCUT2D eigenvalue weighted by Gasteiger charge is 2.46. The Hall–Kier alpha value is -5.62. The molecule has 12 heteroatoms. The minimum absolute atomic E-state index is 0.0292. The average Bonchev–Trinajstić information content (AvgIpc) is 3.72. The molecule has 12 nitrogen and oxygen atoms in total. The number of aliphatic imine (C=N–C) groups is 1. The van der Waals surface area contributed by atoms with Gasteiger partial charge in [0.1, 0.15) is 18.1 Å². The Morgan fingerprint density at radius 1 is 0.836 bits per heavy atom. The topological polar surface area (TPSA) is 147 Å². The lowest BCUT2D eigenvalue weighted by atomic mass is 9.99. The van der Waals surface area contributed by atoms with Crippen LogP contribution in [0.1, 0.15) is 82.4 Å². The van der Waals surface area contributed by atoms with Gasteiger partial charge in [0.25, 0.3) is 11.8 Å². The van der Waals surface area contributed by atoms with Crippen LogP contribution >= 0.6 is 0 Å². The van der Waals surface area contributed by atoms with Crippen molar-refractivity contribution in [2.24, 2.45) is 4.99 Å². The predicted molar refractivity (Wildman–Crippen MR) is 211 cm³/mol. The molecule has 0 saturated carbocycles. The SMILES string of the molecule is C=C1C[C@H]2C=Nc3cc(CCCCCCCc4cc5c(cc4OC)C(=O)N4CC(=C)C[C@H]4[C@H](O)N5C(=O)OCc4ccc(N)cc4)c(OC)cc3C(=O)N2C1. The zero-order valence-corrected chi connectivity index (χ0v) is 31.6. The monoisotopic (exact) mass is 747 g/mol. The fraction of sp³-hybridized carbons (Fsp3) is 0.395. The highest BCUT2D eigenvalue weighted by atomic mass is 16.6. The van der Waals surface area contributed by atoms with Crippen molar-refractivity contribution in [3.8, 4) is 11.5 Å². The molecule has 3 N–H and O–H groups in total. The van der Waals surface area contributed by atoms with Crippen LogP contribution in [0.3, 0.4) is 0 Å². The quantitative estimate of drug-likeness (QED) is 0.118. The van der Waals surface area contributed by atoms with Crippen molar-refractivity contribution < 1.29 is 33.7 Å². The molecule has 4 aliphatic heterocycles. The van der Waals surface area contributed by atoms with Gasteiger partial charge < -0.3 is 34.9 Å². The summed E-state index contributed by atoms with van der Waals surface area (Å²) in [6.45, 7) is 8.93. The minimum atomic E-state index is -1.34. The van der Waals surface area contributed by atoms with Crippen molar-refractivity contribution in [1.29, 1.82) is 0 Å². The molecule has 3 aromatic rings. The van der Waals surface area contributed by atoms with E-state index in [4.69, 9.17) is 24.9 Å². The summed E-state index contributed by atoms with van der Waals surface area (Å²) in [7, 11) is 3.20. The average molecular weight is 748 g/mol. The fourth-order valence-corrected chi connectivity index (χ4v) is 8.13. The van der Waals surface area contributed by atoms with Gasteiger partial charge in [0.05, 0.1) is 48.8 Å². The minimum Gasteiger partial charge on any atom is -0.496 e. The number of methoxy groups -OCH3 is 2. The number of rotatable bonds is 12. The molecule has 3 aromatic carbocycles. The number of carbonyl (C=O) groups is 3. The van der Waals surface area contributed by atoms with E-state index in [-0.39, 0.29) is 30.0 Å². The largest absolute Gasteiger partial charge is 0.496 e. The van der Waals surface area contributed by atoms with Gasteiger partial charge >= 0.3 is 6.09 Å². The van der Waals surface area contributed by atoms with Crippen molar-refractivity contribution in [3.63, 3.8) is 0 Å². The Morgan fingerprint density at radius 2 is 1.44 bits per heavy atom. The van der Waals surface area contributed by atoms with Crippen LogP contribution in [0, 0.1) is 0 Å². The maximum atomic E-state index is 13.9. The molecule has 288 valence electrons. The second-order valence-corrected chi connectivity index (χ2v) is 14.9. The van der Waals surface area contributed by atoms with Gasteiger partial charge in [-0.1, -0.05) is 55.7 Å². The van der Waals surface area contributed by atoms with Gasteiger partial charge in [-0.15, -0.1) is 0 Å². The third-order valence-electron chi connectivity index (χ3n) is 11.0. The normalized spacial score (nSPS) is 20.1. The van der Waals surface area contributed by atoms with Crippen LogP contribution in [-0.2, 0) is 24.2 Å². The van der Waals surface area contributed by atoms with Gasteiger partial charge in [-0.25, -0.2) is 9.69 Å². The number of benzene rings is 3. The Morgan fingerprint density at radius 3 is 2.13 bits per heavy atom. The number of nitrogen functional groups attached to an aromatic ring is 1. The molecular formula is C43H49N5O7. The van der Waals surface area contributed by atoms with E-state index >= 15 is 0 Å². The number of nitrogens with zero attached hydrogens (tertiary/aromatic N) is 4. The molecule has 0 unspecified atom stereocenters. The number of fused-ring (bicyclic) bond motifs is 4. The van der Waals surface area contributed by atoms with Gasteiger partial charge in [0.15, 0.2) is 6.23 Å². The van der Waals surface area contributed by atoms with Crippen molar-refractivity contribution in [2.75, 3.05) is 37.9 Å². The van der Waals surface area contributed by atoms with Gasteiger partial charge in [-0.3, -0.25) is 14.6 Å². The number of aliphatic hydroxyl groups is 1. The smallest absolute Gasteiger partial charge is 0.416 e. The van der Waals surface area contributed by atoms with E-state index in [9.17, 15) is 19.5 Å². The molecule has 4 heterocycles. The summed E-state index contributed by atoms with van der Waals surface area (Å²) in [4.78, 5) is 50.3. The number of anilines is 2. The molecule has 3 amide bonds. The maximum Gasteiger partial charge on any atom is 0.416 e. The third-order valence-corrected chi connectivity index (χ3v) is 11.0. The number of nitrogens with two attached hydrogens (primary N) is 1. The van der Waals surface area contributed by atoms with Gasteiger partial charge in [-0.05, 0) is 91.6 Å². The number of amides is 3. The summed E-state index contributed by atoms with van der Waals surface area (Å²) in [6.07, 6.45) is 7.07. The first-order valence-corrected chi connectivity index (χ1v) is 19.0. The summed E-state index contributed by atoms with van der Waals surface area (Å²) in [5.74, 6) is 0.914. The molecule has 2 saturated heterocycles. The molecule has 55 heavy (non-hydrogen) atoms. The molecule has 0 aromatic heterocycles. The first kappa shape index (κ1) is 37.7. The first-order valence-electron chi connectivity index (χ1n) is 19.0. The van der Waals surface area contributed by atoms with Crippen LogP contribution in [0.25, 0.3) is 0 Å². The lowest BCUT2D eigenvalue weighted by Crippen LogP contribution is -2.50. The highest BCUT2D eigenvalue weighted by Crippen LogP contribution is 2.40. The van der Waals surface area contributed by atoms with Crippen LogP contribution < -0.4 is 20.1 Å². The number of hydrogen-bond donors (Lipinski definition) is 2. The standard InChI is InChI=1S/C43H49N5O7/c1-26-16-32-22-45-35-18-29(38(53-3)20-33(35)40(49)46(32)23-26)10-8-6-5-7-9-11-30-19-36-34(21-39(30)54-4)41(50)47-24-27(2)17-37(47)42(51)48(36)43(52)55-25-28-12-14-31(44)15-13-28/h12-15,18-22,32,37,42,51H,1-2,5-11,16-17,23-25,44H2,3-4H3/t32-,37-,42-/m0/s1. The molecule has 0 aliphatic carbocycles. The Labute approximate surface area is 321 Å². The highest BCUT2D eigenvalue weighted by molar-refractivity contribution is 6.06. The number of unbranched alkanes of at least 4 members (excludes halogenated alkanes) is 4. The Bertz CT molecular complexity index is 2040. The maximum absolute atomic E-state index is 13.9. The van der Waals surface area contributed by atoms with Crippen molar-refractivity contribution in [2.45, 2.75) is 82.7 Å². The number of carbonyl (C=O) groups excluding carboxylic acids is 3. The molecule has 2 fully saturated rings. The van der Waals surface area contributed by atoms with E-state index in [2.05, 4.69) is 13.2 Å². The molecule has 0 radical (unpaired) electrons. The lowest BCUT2D eigenvalue weighted by molar-refractivity contribution is 0.0485. The van der Waals surface area contributed by atoms with Crippen molar-refractivity contribution in [3.05, 3.63) is 101 Å². The first-order chi connectivity index (χ1) is 26.6. The van der Waals surface area contributed by atoms with E-state index in [1.54, 1.807) is 55.5 Å². The van der Waals surface area contributed by atoms with E-state index in [0.29, 0.717) is 60.1 Å². The van der Waals surface area contributed by atoms with Gasteiger partial charge in [0, 0.05) is 25.0 Å². The molecule has 4 aliphatic rings. The van der Waals surface area contributed by atoms with Crippen LogP contribution in [0.2, 0.25) is 0 Å². The fourth-order valence-electron chi connectivity index (χ4n) is 8.13. The summed E-state index contributed by atoms with van der Waals surface area (Å²) < 4.78 is 17.2. The second-order valence-electron chi connectivity index (χ2n) is 14.9. The van der Waals surface area contributed by atoms with Crippen LogP contribution in [0.4, 0.5) is 21.9 Å². The third kappa shape index (κ3) is 7.68.